The molecular formula is C19H18ClFN4OS2. The van der Waals surface area contributed by atoms with Crippen molar-refractivity contribution < 1.29 is 9.18 Å². The first-order valence-electron chi connectivity index (χ1n) is 8.90. The highest BCUT2D eigenvalue weighted by atomic mass is 35.5. The molecule has 1 aromatic carbocycles. The van der Waals surface area contributed by atoms with Crippen LogP contribution in [0.4, 0.5) is 10.1 Å². The lowest BCUT2D eigenvalue weighted by Gasteiger charge is -2.13. The summed E-state index contributed by atoms with van der Waals surface area (Å²) in [5.74, 6) is 0.223. The molecule has 1 atom stereocenters. The fourth-order valence-corrected chi connectivity index (χ4v) is 4.63. The minimum absolute atomic E-state index is 0.0233. The first kappa shape index (κ1) is 19.4. The van der Waals surface area contributed by atoms with Crippen LogP contribution in [-0.2, 0) is 11.2 Å². The highest BCUT2D eigenvalue weighted by Crippen LogP contribution is 2.40. The predicted octanol–water partition coefficient (Wildman–Crippen LogP) is 5.18. The van der Waals surface area contributed by atoms with Crippen molar-refractivity contribution >= 4 is 46.3 Å². The van der Waals surface area contributed by atoms with Gasteiger partial charge in [0.25, 0.3) is 0 Å². The van der Waals surface area contributed by atoms with Crippen molar-refractivity contribution in [2.75, 3.05) is 5.32 Å². The lowest BCUT2D eigenvalue weighted by Crippen LogP contribution is -2.23. The van der Waals surface area contributed by atoms with Crippen LogP contribution >= 0.6 is 34.7 Å². The van der Waals surface area contributed by atoms with Gasteiger partial charge in [-0.2, -0.15) is 0 Å². The summed E-state index contributed by atoms with van der Waals surface area (Å²) in [6.07, 6.45) is 2.96. The van der Waals surface area contributed by atoms with Gasteiger partial charge < -0.3 is 9.88 Å². The molecule has 0 spiro atoms. The van der Waals surface area contributed by atoms with Gasteiger partial charge in [0.2, 0.25) is 5.91 Å². The van der Waals surface area contributed by atoms with Gasteiger partial charge >= 0.3 is 0 Å². The third-order valence-electron chi connectivity index (χ3n) is 4.40. The highest BCUT2D eigenvalue weighted by Gasteiger charge is 2.31. The van der Waals surface area contributed by atoms with Crippen LogP contribution in [0.25, 0.3) is 0 Å². The zero-order chi connectivity index (χ0) is 19.7. The van der Waals surface area contributed by atoms with Crippen LogP contribution in [0.3, 0.4) is 0 Å². The molecule has 1 amide bonds. The number of benzene rings is 1. The van der Waals surface area contributed by atoms with Crippen molar-refractivity contribution in [3.8, 4) is 0 Å². The molecule has 1 fully saturated rings. The Kier molecular flexibility index (Phi) is 5.70. The summed E-state index contributed by atoms with van der Waals surface area (Å²) in [5.41, 5.74) is 0.464. The minimum atomic E-state index is -0.516. The number of thiophene rings is 1. The summed E-state index contributed by atoms with van der Waals surface area (Å²) in [6, 6.07) is 8.66. The number of halogens is 2. The second kappa shape index (κ2) is 8.23. The van der Waals surface area contributed by atoms with E-state index in [0.29, 0.717) is 11.7 Å². The van der Waals surface area contributed by atoms with Gasteiger partial charge in [0.15, 0.2) is 5.16 Å². The van der Waals surface area contributed by atoms with E-state index in [0.717, 1.165) is 30.2 Å². The standard InChI is InChI=1S/C19H18ClFN4OS2/c1-11(18(26)22-12-4-7-16(21)15(20)9-12)28-19-24-23-17(25(19)13-5-6-13)10-14-3-2-8-27-14/h2-4,7-9,11,13H,5-6,10H2,1H3,(H,22,26)/t11-/m1/s1. The van der Waals surface area contributed by atoms with E-state index in [-0.39, 0.29) is 16.2 Å². The lowest BCUT2D eigenvalue weighted by molar-refractivity contribution is -0.115. The van der Waals surface area contributed by atoms with E-state index in [2.05, 4.69) is 31.5 Å². The fraction of sp³-hybridized carbons (Fsp3) is 0.316. The van der Waals surface area contributed by atoms with E-state index in [9.17, 15) is 9.18 Å². The Morgan fingerprint density at radius 1 is 1.43 bits per heavy atom. The van der Waals surface area contributed by atoms with Gasteiger partial charge in [-0.05, 0) is 49.4 Å². The highest BCUT2D eigenvalue weighted by molar-refractivity contribution is 8.00. The Hall–Kier alpha value is -1.90. The number of nitrogens with one attached hydrogen (secondary N) is 1. The SMILES string of the molecule is C[C@@H](Sc1nnc(Cc2cccs2)n1C1CC1)C(=O)Nc1ccc(F)c(Cl)c1. The Morgan fingerprint density at radius 3 is 2.93 bits per heavy atom. The number of carbonyl (C=O) groups is 1. The van der Waals surface area contributed by atoms with Gasteiger partial charge in [0, 0.05) is 23.0 Å². The summed E-state index contributed by atoms with van der Waals surface area (Å²) in [5, 5.41) is 13.9. The number of hydrogen-bond donors (Lipinski definition) is 1. The third kappa shape index (κ3) is 4.39. The van der Waals surface area contributed by atoms with Gasteiger partial charge in [-0.1, -0.05) is 29.4 Å². The second-order valence-electron chi connectivity index (χ2n) is 6.63. The summed E-state index contributed by atoms with van der Waals surface area (Å²) in [7, 11) is 0. The Labute approximate surface area is 175 Å². The van der Waals surface area contributed by atoms with E-state index in [1.54, 1.807) is 11.3 Å². The number of rotatable bonds is 7. The summed E-state index contributed by atoms with van der Waals surface area (Å²) < 4.78 is 15.4. The van der Waals surface area contributed by atoms with Gasteiger partial charge in [-0.3, -0.25) is 4.79 Å². The number of nitrogens with zero attached hydrogens (tertiary/aromatic N) is 3. The summed E-state index contributed by atoms with van der Waals surface area (Å²) in [6.45, 7) is 1.82. The van der Waals surface area contributed by atoms with E-state index in [1.165, 1.54) is 34.8 Å². The average Bonchev–Trinajstić information content (AvgIpc) is 3.22. The molecule has 1 saturated carbocycles. The maximum Gasteiger partial charge on any atom is 0.237 e. The van der Waals surface area contributed by atoms with E-state index < -0.39 is 5.82 Å². The Morgan fingerprint density at radius 2 is 2.25 bits per heavy atom. The first-order valence-corrected chi connectivity index (χ1v) is 11.0. The Bertz CT molecular complexity index is 988. The van der Waals surface area contributed by atoms with Crippen LogP contribution in [0, 0.1) is 5.82 Å². The molecule has 0 saturated heterocycles. The molecule has 1 N–H and O–H groups in total. The summed E-state index contributed by atoms with van der Waals surface area (Å²) >= 11 is 8.86. The molecule has 0 aliphatic heterocycles. The third-order valence-corrected chi connectivity index (χ3v) is 6.62. The van der Waals surface area contributed by atoms with E-state index >= 15 is 0 Å². The number of anilines is 1. The average molecular weight is 437 g/mol. The van der Waals surface area contributed by atoms with Crippen LogP contribution < -0.4 is 5.32 Å². The predicted molar refractivity (Wildman–Crippen MR) is 111 cm³/mol. The molecule has 1 aliphatic carbocycles. The van der Waals surface area contributed by atoms with E-state index in [4.69, 9.17) is 11.6 Å². The summed E-state index contributed by atoms with van der Waals surface area (Å²) in [4.78, 5) is 13.8. The van der Waals surface area contributed by atoms with Crippen molar-refractivity contribution in [1.29, 1.82) is 0 Å². The number of hydrogen-bond acceptors (Lipinski definition) is 5. The molecule has 0 unspecified atom stereocenters. The molecule has 0 bridgehead atoms. The minimum Gasteiger partial charge on any atom is -0.325 e. The molecule has 9 heteroatoms. The van der Waals surface area contributed by atoms with Crippen molar-refractivity contribution in [3.63, 3.8) is 0 Å². The normalized spacial score (nSPS) is 14.8. The molecular weight excluding hydrogens is 419 g/mol. The quantitative estimate of drug-likeness (QED) is 0.518. The number of thioether (sulfide) groups is 1. The van der Waals surface area contributed by atoms with Crippen LogP contribution in [0.15, 0.2) is 40.9 Å². The monoisotopic (exact) mass is 436 g/mol. The molecule has 5 nitrogen and oxygen atoms in total. The number of aromatic nitrogens is 3. The van der Waals surface area contributed by atoms with Crippen molar-refractivity contribution in [3.05, 3.63) is 57.3 Å². The number of amides is 1. The fourth-order valence-electron chi connectivity index (χ4n) is 2.81. The molecule has 146 valence electrons. The lowest BCUT2D eigenvalue weighted by atomic mass is 10.3. The zero-order valence-corrected chi connectivity index (χ0v) is 17.5. The van der Waals surface area contributed by atoms with Gasteiger partial charge in [-0.25, -0.2) is 4.39 Å². The molecule has 2 aromatic heterocycles. The van der Waals surface area contributed by atoms with Crippen molar-refractivity contribution in [2.24, 2.45) is 0 Å². The molecule has 28 heavy (non-hydrogen) atoms. The zero-order valence-electron chi connectivity index (χ0n) is 15.1. The smallest absolute Gasteiger partial charge is 0.237 e. The van der Waals surface area contributed by atoms with Crippen LogP contribution in [0.2, 0.25) is 5.02 Å². The largest absolute Gasteiger partial charge is 0.325 e. The van der Waals surface area contributed by atoms with Crippen LogP contribution in [-0.4, -0.2) is 25.9 Å². The Balaban J connectivity index is 1.46. The maximum atomic E-state index is 13.3. The first-order chi connectivity index (χ1) is 13.5. The van der Waals surface area contributed by atoms with Gasteiger partial charge in [-0.15, -0.1) is 21.5 Å². The molecule has 1 aliphatic rings. The molecule has 2 heterocycles. The number of carbonyl (C=O) groups excluding carboxylic acids is 1. The topological polar surface area (TPSA) is 59.8 Å². The molecule has 0 radical (unpaired) electrons. The van der Waals surface area contributed by atoms with Crippen LogP contribution in [0.5, 0.6) is 0 Å². The molecule has 4 rings (SSSR count). The molecule has 3 aromatic rings. The van der Waals surface area contributed by atoms with Crippen LogP contribution in [0.1, 0.15) is 36.5 Å². The second-order valence-corrected chi connectivity index (χ2v) is 9.38. The van der Waals surface area contributed by atoms with E-state index in [1.807, 2.05) is 13.0 Å². The maximum absolute atomic E-state index is 13.3. The van der Waals surface area contributed by atoms with Gasteiger partial charge in [0.1, 0.15) is 11.6 Å². The van der Waals surface area contributed by atoms with Crippen molar-refractivity contribution in [1.82, 2.24) is 14.8 Å². The van der Waals surface area contributed by atoms with Crippen molar-refractivity contribution in [2.45, 2.75) is 42.6 Å². The van der Waals surface area contributed by atoms with Gasteiger partial charge in [0.05, 0.1) is 10.3 Å².